The Hall–Kier alpha value is -3.18. The molecule has 2 N–H and O–H groups in total. The summed E-state index contributed by atoms with van der Waals surface area (Å²) < 4.78 is 5.08. The maximum atomic E-state index is 13.3. The normalized spacial score (nSPS) is 38.4. The van der Waals surface area contributed by atoms with Crippen molar-refractivity contribution in [3.8, 4) is 0 Å². The summed E-state index contributed by atoms with van der Waals surface area (Å²) in [5.41, 5.74) is -2.17. The lowest BCUT2D eigenvalue weighted by molar-refractivity contribution is -0.197. The Morgan fingerprint density at radius 3 is 2.40 bits per heavy atom. The molecule has 7 atom stereocenters. The van der Waals surface area contributed by atoms with Crippen LogP contribution in [0.4, 0.5) is 0 Å². The van der Waals surface area contributed by atoms with Crippen molar-refractivity contribution in [2.45, 2.75) is 83.3 Å². The van der Waals surface area contributed by atoms with E-state index < -0.39 is 71.5 Å². The van der Waals surface area contributed by atoms with Gasteiger partial charge in [0, 0.05) is 29.6 Å². The number of carbonyl (C=O) groups is 6. The van der Waals surface area contributed by atoms with Crippen LogP contribution in [0.2, 0.25) is 0 Å². The van der Waals surface area contributed by atoms with Gasteiger partial charge in [-0.3, -0.25) is 24.0 Å². The van der Waals surface area contributed by atoms with Crippen LogP contribution in [0, 0.1) is 28.6 Å². The lowest BCUT2D eigenvalue weighted by Crippen LogP contribution is -2.61. The molecular formula is C29H35NO10. The molecule has 11 heteroatoms. The van der Waals surface area contributed by atoms with E-state index in [9.17, 15) is 39.0 Å². The van der Waals surface area contributed by atoms with Crippen LogP contribution in [0.25, 0.3) is 0 Å². The average Bonchev–Trinajstić information content (AvgIpc) is 3.36. The Bertz CT molecular complexity index is 1220. The molecule has 11 nitrogen and oxygen atoms in total. The number of fused-ring (bicyclic) bond motifs is 5. The third-order valence-corrected chi connectivity index (χ3v) is 10.2. The van der Waals surface area contributed by atoms with E-state index in [0.29, 0.717) is 17.9 Å². The van der Waals surface area contributed by atoms with E-state index in [0.717, 1.165) is 12.0 Å². The van der Waals surface area contributed by atoms with Crippen LogP contribution in [0.1, 0.15) is 71.6 Å². The molecule has 0 radical (unpaired) electrons. The second kappa shape index (κ2) is 10.0. The van der Waals surface area contributed by atoms with E-state index >= 15 is 0 Å². The highest BCUT2D eigenvalue weighted by molar-refractivity contribution is 6.02. The van der Waals surface area contributed by atoms with E-state index in [1.807, 2.05) is 19.9 Å². The van der Waals surface area contributed by atoms with E-state index in [1.54, 1.807) is 12.2 Å². The lowest BCUT2D eigenvalue weighted by Gasteiger charge is -2.59. The van der Waals surface area contributed by atoms with Crippen LogP contribution in [0.5, 0.6) is 0 Å². The van der Waals surface area contributed by atoms with Crippen LogP contribution < -0.4 is 0 Å². The van der Waals surface area contributed by atoms with Gasteiger partial charge >= 0.3 is 11.9 Å². The second-order valence-corrected chi connectivity index (χ2v) is 12.2. The third kappa shape index (κ3) is 4.43. The van der Waals surface area contributed by atoms with Gasteiger partial charge in [0.15, 0.2) is 12.4 Å². The number of ether oxygens (including phenoxy) is 1. The molecule has 0 aromatic rings. The highest BCUT2D eigenvalue weighted by Gasteiger charge is 2.68. The molecular weight excluding hydrogens is 522 g/mol. The standard InChI is InChI=1S/C29H35NO10/c1-27-11-9-17(31)13-16(27)3-4-18-19-10-12-29(38,28(19,2)14-20(32)26(18)27)21(33)15-39-24(36)7-8-25(37)40-30-22(34)5-6-23(30)35/h9,11,13,18-20,26,32,38H,3-8,10,12,14-15H2,1-2H3/t18-,19-,20-,26+,27-,28-,29+/m0/s1. The van der Waals surface area contributed by atoms with Crippen molar-refractivity contribution in [1.82, 2.24) is 5.06 Å². The number of esters is 1. The van der Waals surface area contributed by atoms with Gasteiger partial charge in [0.25, 0.3) is 11.8 Å². The molecule has 0 aromatic heterocycles. The monoisotopic (exact) mass is 557 g/mol. The molecule has 0 spiro atoms. The fraction of sp³-hybridized carbons (Fsp3) is 0.655. The molecule has 5 rings (SSSR count). The SMILES string of the molecule is C[C@]12C=CC(=O)C=C1CC[C@@H]1[C@@H]2[C@@H](O)C[C@@]2(C)[C@H]1CC[C@@]2(O)C(=O)COC(=O)CCC(=O)ON1C(=O)CCC1=O. The Morgan fingerprint density at radius 2 is 1.70 bits per heavy atom. The average molecular weight is 558 g/mol. The molecule has 1 aliphatic heterocycles. The quantitative estimate of drug-likeness (QED) is 0.346. The minimum atomic E-state index is -1.80. The zero-order chi connectivity index (χ0) is 29.0. The number of rotatable bonds is 7. The summed E-state index contributed by atoms with van der Waals surface area (Å²) >= 11 is 0. The van der Waals surface area contributed by atoms with E-state index in [1.165, 1.54) is 0 Å². The number of allylic oxidation sites excluding steroid dienone is 4. The van der Waals surface area contributed by atoms with Gasteiger partial charge < -0.3 is 19.8 Å². The van der Waals surface area contributed by atoms with Crippen molar-refractivity contribution < 1.29 is 48.6 Å². The van der Waals surface area contributed by atoms with Gasteiger partial charge in [-0.2, -0.15) is 0 Å². The minimum absolute atomic E-state index is 0.0403. The molecule has 1 heterocycles. The van der Waals surface area contributed by atoms with Crippen LogP contribution in [0.15, 0.2) is 23.8 Å². The zero-order valence-electron chi connectivity index (χ0n) is 22.7. The molecule has 0 unspecified atom stereocenters. The Labute approximate surface area is 231 Å². The Morgan fingerprint density at radius 1 is 1.02 bits per heavy atom. The fourth-order valence-corrected chi connectivity index (χ4v) is 8.14. The number of Topliss-reactive ketones (excluding diaryl/α,β-unsaturated/α-hetero) is 1. The summed E-state index contributed by atoms with van der Waals surface area (Å²) in [5, 5.41) is 23.6. The predicted molar refractivity (Wildman–Crippen MR) is 135 cm³/mol. The lowest BCUT2D eigenvalue weighted by atomic mass is 9.46. The van der Waals surface area contributed by atoms with Crippen LogP contribution >= 0.6 is 0 Å². The van der Waals surface area contributed by atoms with E-state index in [-0.39, 0.29) is 49.2 Å². The number of aliphatic hydroxyl groups excluding tert-OH is 1. The number of hydrogen-bond donors (Lipinski definition) is 2. The highest BCUT2D eigenvalue weighted by atomic mass is 16.7. The van der Waals surface area contributed by atoms with Crippen molar-refractivity contribution >= 4 is 35.3 Å². The maximum Gasteiger partial charge on any atom is 0.333 e. The molecule has 0 bridgehead atoms. The summed E-state index contributed by atoms with van der Waals surface area (Å²) in [6.45, 7) is 3.19. The molecule has 216 valence electrons. The summed E-state index contributed by atoms with van der Waals surface area (Å²) in [5.74, 6) is -3.94. The number of carbonyl (C=O) groups excluding carboxylic acids is 6. The number of aliphatic hydroxyl groups is 2. The molecule has 2 amide bonds. The third-order valence-electron chi connectivity index (χ3n) is 10.2. The highest BCUT2D eigenvalue weighted by Crippen LogP contribution is 2.67. The van der Waals surface area contributed by atoms with Gasteiger partial charge in [-0.15, -0.1) is 5.06 Å². The number of hydrogen-bond acceptors (Lipinski definition) is 10. The first-order chi connectivity index (χ1) is 18.8. The van der Waals surface area contributed by atoms with Crippen molar-refractivity contribution in [3.05, 3.63) is 23.8 Å². The first-order valence-corrected chi connectivity index (χ1v) is 13.9. The fourth-order valence-electron chi connectivity index (χ4n) is 8.14. The minimum Gasteiger partial charge on any atom is -0.458 e. The predicted octanol–water partition coefficient (Wildman–Crippen LogP) is 1.50. The van der Waals surface area contributed by atoms with Gasteiger partial charge in [-0.25, -0.2) is 4.79 Å². The Kier molecular flexibility index (Phi) is 7.11. The topological polar surface area (TPSA) is 165 Å². The maximum absolute atomic E-state index is 13.3. The molecule has 3 saturated carbocycles. The molecule has 1 saturated heterocycles. The molecule has 5 aliphatic rings. The molecule has 4 fully saturated rings. The van der Waals surface area contributed by atoms with Gasteiger partial charge in [0.2, 0.25) is 5.78 Å². The van der Waals surface area contributed by atoms with Gasteiger partial charge in [0.1, 0.15) is 5.60 Å². The van der Waals surface area contributed by atoms with Crippen molar-refractivity contribution in [2.75, 3.05) is 6.61 Å². The van der Waals surface area contributed by atoms with Crippen LogP contribution in [0.3, 0.4) is 0 Å². The van der Waals surface area contributed by atoms with Gasteiger partial charge in [0.05, 0.1) is 18.9 Å². The number of imide groups is 1. The number of amides is 2. The van der Waals surface area contributed by atoms with Crippen molar-refractivity contribution in [2.24, 2.45) is 28.6 Å². The second-order valence-electron chi connectivity index (χ2n) is 12.2. The van der Waals surface area contributed by atoms with Crippen LogP contribution in [-0.4, -0.2) is 68.9 Å². The summed E-state index contributed by atoms with van der Waals surface area (Å²) in [6, 6.07) is 0. The smallest absolute Gasteiger partial charge is 0.333 e. The van der Waals surface area contributed by atoms with Gasteiger partial charge in [-0.05, 0) is 56.1 Å². The molecule has 40 heavy (non-hydrogen) atoms. The summed E-state index contributed by atoms with van der Waals surface area (Å²) in [7, 11) is 0. The first-order valence-electron chi connectivity index (χ1n) is 13.9. The first kappa shape index (κ1) is 28.4. The largest absolute Gasteiger partial charge is 0.458 e. The van der Waals surface area contributed by atoms with E-state index in [2.05, 4.69) is 0 Å². The summed E-state index contributed by atoms with van der Waals surface area (Å²) in [4.78, 5) is 77.3. The van der Waals surface area contributed by atoms with Crippen LogP contribution in [-0.2, 0) is 38.3 Å². The number of nitrogens with zero attached hydrogens (tertiary/aromatic N) is 1. The molecule has 4 aliphatic carbocycles. The summed E-state index contributed by atoms with van der Waals surface area (Å²) in [6.07, 6.45) is 5.73. The van der Waals surface area contributed by atoms with E-state index in [4.69, 9.17) is 9.57 Å². The molecule has 0 aromatic carbocycles. The Balaban J connectivity index is 1.20. The van der Waals surface area contributed by atoms with Gasteiger partial charge in [-0.1, -0.05) is 25.5 Å². The van der Waals surface area contributed by atoms with Crippen molar-refractivity contribution in [3.63, 3.8) is 0 Å². The number of ketones is 2. The van der Waals surface area contributed by atoms with Crippen molar-refractivity contribution in [1.29, 1.82) is 0 Å². The zero-order valence-corrected chi connectivity index (χ0v) is 22.7. The number of hydroxylamine groups is 2.